The lowest BCUT2D eigenvalue weighted by atomic mass is 9.81. The number of rotatable bonds is 5. The quantitative estimate of drug-likeness (QED) is 0.896. The van der Waals surface area contributed by atoms with Crippen molar-refractivity contribution in [3.8, 4) is 0 Å². The molecule has 2 fully saturated rings. The number of nitrogens with one attached hydrogen (secondary N) is 1. The van der Waals surface area contributed by atoms with E-state index >= 15 is 0 Å². The Bertz CT molecular complexity index is 414. The zero-order valence-electron chi connectivity index (χ0n) is 12.9. The van der Waals surface area contributed by atoms with Crippen LogP contribution in [0.1, 0.15) is 51.0 Å². The summed E-state index contributed by atoms with van der Waals surface area (Å²) in [5, 5.41) is 8.05. The Morgan fingerprint density at radius 1 is 1.30 bits per heavy atom. The molecule has 0 aromatic carbocycles. The van der Waals surface area contributed by atoms with Crippen molar-refractivity contribution in [3.63, 3.8) is 0 Å². The van der Waals surface area contributed by atoms with Crippen LogP contribution >= 0.6 is 0 Å². The molecule has 0 saturated carbocycles. The van der Waals surface area contributed by atoms with Gasteiger partial charge in [0.1, 0.15) is 0 Å². The monoisotopic (exact) mass is 276 g/mol. The number of nitrogens with zero attached hydrogens (tertiary/aromatic N) is 3. The number of hydrogen-bond donors (Lipinski definition) is 1. The van der Waals surface area contributed by atoms with Gasteiger partial charge in [-0.1, -0.05) is 13.3 Å². The molecule has 3 heterocycles. The minimum absolute atomic E-state index is 0.746. The summed E-state index contributed by atoms with van der Waals surface area (Å²) in [6.07, 6.45) is 12.3. The van der Waals surface area contributed by atoms with Crippen LogP contribution in [0.25, 0.3) is 0 Å². The van der Waals surface area contributed by atoms with Gasteiger partial charge < -0.3 is 5.32 Å². The Labute approximate surface area is 122 Å². The van der Waals surface area contributed by atoms with Gasteiger partial charge in [0.05, 0.1) is 6.20 Å². The molecule has 0 amide bonds. The summed E-state index contributed by atoms with van der Waals surface area (Å²) in [7, 11) is 2.01. The van der Waals surface area contributed by atoms with E-state index in [-0.39, 0.29) is 0 Å². The normalized spacial score (nSPS) is 30.6. The fourth-order valence-electron chi connectivity index (χ4n) is 4.02. The molecule has 112 valence electrons. The predicted octanol–water partition coefficient (Wildman–Crippen LogP) is 2.31. The van der Waals surface area contributed by atoms with Gasteiger partial charge in [0.2, 0.25) is 0 Å². The highest BCUT2D eigenvalue weighted by Crippen LogP contribution is 2.35. The molecule has 1 N–H and O–H groups in total. The van der Waals surface area contributed by atoms with Crippen LogP contribution in [-0.2, 0) is 13.6 Å². The highest BCUT2D eigenvalue weighted by atomic mass is 15.3. The van der Waals surface area contributed by atoms with Gasteiger partial charge in [-0.05, 0) is 38.6 Å². The second kappa shape index (κ2) is 6.27. The first kappa shape index (κ1) is 14.1. The SMILES string of the molecule is CCCNC1CC2CCCC(C1)N2Cc1cnn(C)c1. The van der Waals surface area contributed by atoms with Crippen molar-refractivity contribution >= 4 is 0 Å². The number of piperidine rings is 2. The second-order valence-corrected chi connectivity index (χ2v) is 6.56. The van der Waals surface area contributed by atoms with Crippen LogP contribution in [0.15, 0.2) is 12.4 Å². The van der Waals surface area contributed by atoms with Gasteiger partial charge in [-0.25, -0.2) is 0 Å². The van der Waals surface area contributed by atoms with E-state index in [4.69, 9.17) is 0 Å². The number of hydrogen-bond acceptors (Lipinski definition) is 3. The van der Waals surface area contributed by atoms with E-state index in [2.05, 4.69) is 28.4 Å². The molecule has 2 saturated heterocycles. The Kier molecular flexibility index (Phi) is 4.41. The van der Waals surface area contributed by atoms with Crippen LogP contribution in [0.4, 0.5) is 0 Å². The minimum atomic E-state index is 0.746. The first-order valence-electron chi connectivity index (χ1n) is 8.23. The molecule has 2 atom stereocenters. The van der Waals surface area contributed by atoms with Gasteiger partial charge >= 0.3 is 0 Å². The molecule has 0 radical (unpaired) electrons. The van der Waals surface area contributed by atoms with Gasteiger partial charge in [-0.2, -0.15) is 5.10 Å². The van der Waals surface area contributed by atoms with E-state index in [0.29, 0.717) is 0 Å². The molecule has 0 aliphatic carbocycles. The average molecular weight is 276 g/mol. The largest absolute Gasteiger partial charge is 0.314 e. The third-order valence-electron chi connectivity index (χ3n) is 4.93. The number of fused-ring (bicyclic) bond motifs is 2. The Hall–Kier alpha value is -0.870. The van der Waals surface area contributed by atoms with E-state index in [1.54, 1.807) is 0 Å². The van der Waals surface area contributed by atoms with Crippen molar-refractivity contribution in [2.75, 3.05) is 6.54 Å². The van der Waals surface area contributed by atoms with E-state index in [1.807, 2.05) is 17.9 Å². The molecule has 2 aliphatic rings. The van der Waals surface area contributed by atoms with Crippen molar-refractivity contribution in [2.24, 2.45) is 7.05 Å². The van der Waals surface area contributed by atoms with Gasteiger partial charge in [0.25, 0.3) is 0 Å². The van der Waals surface area contributed by atoms with E-state index < -0.39 is 0 Å². The van der Waals surface area contributed by atoms with Gasteiger partial charge in [-0.15, -0.1) is 0 Å². The molecule has 4 nitrogen and oxygen atoms in total. The van der Waals surface area contributed by atoms with E-state index in [0.717, 1.165) is 24.7 Å². The van der Waals surface area contributed by atoms with Crippen molar-refractivity contribution in [1.29, 1.82) is 0 Å². The zero-order valence-corrected chi connectivity index (χ0v) is 12.9. The summed E-state index contributed by atoms with van der Waals surface area (Å²) >= 11 is 0. The lowest BCUT2D eigenvalue weighted by Crippen LogP contribution is -2.55. The molecule has 4 heteroatoms. The number of aromatic nitrogens is 2. The molecule has 3 rings (SSSR count). The van der Waals surface area contributed by atoms with Crippen molar-refractivity contribution < 1.29 is 0 Å². The first-order chi connectivity index (χ1) is 9.76. The van der Waals surface area contributed by atoms with Crippen LogP contribution in [0.2, 0.25) is 0 Å². The summed E-state index contributed by atoms with van der Waals surface area (Å²) in [6, 6.07) is 2.30. The van der Waals surface area contributed by atoms with Gasteiger partial charge in [0, 0.05) is 43.5 Å². The van der Waals surface area contributed by atoms with E-state index in [1.165, 1.54) is 50.6 Å². The summed E-state index contributed by atoms with van der Waals surface area (Å²) < 4.78 is 1.92. The van der Waals surface area contributed by atoms with Crippen LogP contribution in [0.3, 0.4) is 0 Å². The molecule has 1 aromatic heterocycles. The molecule has 0 spiro atoms. The minimum Gasteiger partial charge on any atom is -0.314 e. The van der Waals surface area contributed by atoms with Crippen molar-refractivity contribution in [1.82, 2.24) is 20.0 Å². The maximum atomic E-state index is 4.31. The Morgan fingerprint density at radius 3 is 2.65 bits per heavy atom. The third kappa shape index (κ3) is 3.07. The highest BCUT2D eigenvalue weighted by molar-refractivity contribution is 5.06. The molecule has 1 aromatic rings. The summed E-state index contributed by atoms with van der Waals surface area (Å²) in [5.41, 5.74) is 1.37. The Balaban J connectivity index is 1.64. The molecular formula is C16H28N4. The van der Waals surface area contributed by atoms with Crippen LogP contribution < -0.4 is 5.32 Å². The van der Waals surface area contributed by atoms with Crippen LogP contribution in [-0.4, -0.2) is 39.4 Å². The summed E-state index contributed by atoms with van der Waals surface area (Å²) in [4.78, 5) is 2.75. The predicted molar refractivity (Wildman–Crippen MR) is 81.5 cm³/mol. The van der Waals surface area contributed by atoms with Crippen molar-refractivity contribution in [3.05, 3.63) is 18.0 Å². The molecule has 2 unspecified atom stereocenters. The van der Waals surface area contributed by atoms with Gasteiger partial charge in [0.15, 0.2) is 0 Å². The first-order valence-corrected chi connectivity index (χ1v) is 8.23. The topological polar surface area (TPSA) is 33.1 Å². The maximum absolute atomic E-state index is 4.31. The fourth-order valence-corrected chi connectivity index (χ4v) is 4.02. The maximum Gasteiger partial charge on any atom is 0.0534 e. The Morgan fingerprint density at radius 2 is 2.05 bits per heavy atom. The average Bonchev–Trinajstić information content (AvgIpc) is 2.82. The molecule has 2 bridgehead atoms. The summed E-state index contributed by atoms with van der Waals surface area (Å²) in [5.74, 6) is 0. The molecular weight excluding hydrogens is 248 g/mol. The number of aryl methyl sites for hydroxylation is 1. The lowest BCUT2D eigenvalue weighted by Gasteiger charge is -2.49. The van der Waals surface area contributed by atoms with E-state index in [9.17, 15) is 0 Å². The second-order valence-electron chi connectivity index (χ2n) is 6.56. The third-order valence-corrected chi connectivity index (χ3v) is 4.93. The molecule has 20 heavy (non-hydrogen) atoms. The fraction of sp³-hybridized carbons (Fsp3) is 0.812. The van der Waals surface area contributed by atoms with Crippen molar-refractivity contribution in [2.45, 2.75) is 70.1 Å². The lowest BCUT2D eigenvalue weighted by molar-refractivity contribution is 0.0177. The van der Waals surface area contributed by atoms with Crippen LogP contribution in [0.5, 0.6) is 0 Å². The smallest absolute Gasteiger partial charge is 0.0534 e. The molecule has 2 aliphatic heterocycles. The highest BCUT2D eigenvalue weighted by Gasteiger charge is 2.37. The van der Waals surface area contributed by atoms with Gasteiger partial charge in [-0.3, -0.25) is 9.58 Å². The zero-order chi connectivity index (χ0) is 13.9. The van der Waals surface area contributed by atoms with Crippen LogP contribution in [0, 0.1) is 0 Å². The summed E-state index contributed by atoms with van der Waals surface area (Å²) in [6.45, 7) is 4.52. The standard InChI is InChI=1S/C16H28N4/c1-3-7-17-14-8-15-5-4-6-16(9-14)20(15)12-13-10-18-19(2)11-13/h10-11,14-17H,3-9,12H2,1-2H3.